The molecule has 0 bridgehead atoms. The summed E-state index contributed by atoms with van der Waals surface area (Å²) in [5.41, 5.74) is 2.03. The Morgan fingerprint density at radius 1 is 1.26 bits per heavy atom. The Balaban J connectivity index is 1.64. The van der Waals surface area contributed by atoms with Gasteiger partial charge in [0.25, 0.3) is 5.91 Å². The molecule has 27 heavy (non-hydrogen) atoms. The fourth-order valence-electron chi connectivity index (χ4n) is 2.93. The minimum Gasteiger partial charge on any atom is -0.387 e. The lowest BCUT2D eigenvalue weighted by atomic mass is 10.1. The number of rotatable bonds is 5. The van der Waals surface area contributed by atoms with Crippen molar-refractivity contribution in [2.45, 2.75) is 13.0 Å². The second-order valence-electron chi connectivity index (χ2n) is 6.28. The number of hydrogen-bond acceptors (Lipinski definition) is 3. The number of benzene rings is 2. The molecule has 2 aromatic rings. The van der Waals surface area contributed by atoms with E-state index in [9.17, 15) is 23.5 Å². The van der Waals surface area contributed by atoms with Gasteiger partial charge in [0.05, 0.1) is 6.10 Å². The number of aliphatic hydroxyl groups is 1. The lowest BCUT2D eigenvalue weighted by Crippen LogP contribution is -2.30. The summed E-state index contributed by atoms with van der Waals surface area (Å²) in [6.45, 7) is 2.78. The van der Waals surface area contributed by atoms with Gasteiger partial charge in [-0.15, -0.1) is 0 Å². The molecular weight excluding hydrogens is 356 g/mol. The second-order valence-corrected chi connectivity index (χ2v) is 6.28. The maximum atomic E-state index is 13.2. The maximum Gasteiger partial charge on any atom is 0.322 e. The van der Waals surface area contributed by atoms with Gasteiger partial charge >= 0.3 is 6.03 Å². The highest BCUT2D eigenvalue weighted by Crippen LogP contribution is 2.23. The lowest BCUT2D eigenvalue weighted by Gasteiger charge is -2.18. The summed E-state index contributed by atoms with van der Waals surface area (Å²) >= 11 is 0. The van der Waals surface area contributed by atoms with Crippen molar-refractivity contribution in [3.63, 3.8) is 0 Å². The summed E-state index contributed by atoms with van der Waals surface area (Å²) in [4.78, 5) is 25.7. The largest absolute Gasteiger partial charge is 0.387 e. The van der Waals surface area contributed by atoms with Crippen LogP contribution in [0.5, 0.6) is 0 Å². The molecule has 0 saturated carbocycles. The number of aryl methyl sites for hydroxylation is 1. The normalized spacial score (nSPS) is 14.8. The SMILES string of the molecule is Cc1cc(C(=O)NC[C@H](O)c2ccc(F)c(F)c2)ccc1N1CCNC1=O. The quantitative estimate of drug-likeness (QED) is 0.750. The van der Waals surface area contributed by atoms with E-state index in [2.05, 4.69) is 10.6 Å². The highest BCUT2D eigenvalue weighted by molar-refractivity contribution is 5.97. The third kappa shape index (κ3) is 4.06. The van der Waals surface area contributed by atoms with Crippen molar-refractivity contribution in [3.05, 3.63) is 64.7 Å². The van der Waals surface area contributed by atoms with Crippen LogP contribution in [0.4, 0.5) is 19.3 Å². The molecule has 1 aliphatic rings. The van der Waals surface area contributed by atoms with E-state index >= 15 is 0 Å². The number of urea groups is 1. The van der Waals surface area contributed by atoms with E-state index in [0.717, 1.165) is 23.4 Å². The van der Waals surface area contributed by atoms with E-state index in [-0.39, 0.29) is 18.1 Å². The fourth-order valence-corrected chi connectivity index (χ4v) is 2.93. The van der Waals surface area contributed by atoms with Crippen LogP contribution in [0.15, 0.2) is 36.4 Å². The van der Waals surface area contributed by atoms with Gasteiger partial charge in [-0.2, -0.15) is 0 Å². The first kappa shape index (κ1) is 18.8. The molecule has 3 N–H and O–H groups in total. The summed E-state index contributed by atoms with van der Waals surface area (Å²) < 4.78 is 26.2. The summed E-state index contributed by atoms with van der Waals surface area (Å²) in [5.74, 6) is -2.48. The molecule has 0 radical (unpaired) electrons. The van der Waals surface area contributed by atoms with Gasteiger partial charge in [-0.25, -0.2) is 13.6 Å². The highest BCUT2D eigenvalue weighted by Gasteiger charge is 2.23. The van der Waals surface area contributed by atoms with Gasteiger partial charge in [0.2, 0.25) is 0 Å². The zero-order chi connectivity index (χ0) is 19.6. The smallest absolute Gasteiger partial charge is 0.322 e. The molecule has 0 aromatic heterocycles. The van der Waals surface area contributed by atoms with Crippen LogP contribution in [-0.4, -0.2) is 36.7 Å². The van der Waals surface area contributed by atoms with Gasteiger partial charge in [-0.05, 0) is 48.4 Å². The molecule has 0 aliphatic carbocycles. The molecule has 1 atom stereocenters. The molecule has 0 spiro atoms. The molecule has 8 heteroatoms. The third-order valence-corrected chi connectivity index (χ3v) is 4.39. The number of aliphatic hydroxyl groups excluding tert-OH is 1. The number of nitrogens with one attached hydrogen (secondary N) is 2. The number of anilines is 1. The van der Waals surface area contributed by atoms with E-state index < -0.39 is 23.6 Å². The van der Waals surface area contributed by atoms with Crippen LogP contribution in [0, 0.1) is 18.6 Å². The number of nitrogens with zero attached hydrogens (tertiary/aromatic N) is 1. The van der Waals surface area contributed by atoms with Gasteiger partial charge in [0.1, 0.15) is 0 Å². The summed E-state index contributed by atoms with van der Waals surface area (Å²) in [6, 6.07) is 7.84. The van der Waals surface area contributed by atoms with E-state index in [1.54, 1.807) is 30.0 Å². The molecule has 0 unspecified atom stereocenters. The average molecular weight is 375 g/mol. The number of hydrogen-bond donors (Lipinski definition) is 3. The molecule has 142 valence electrons. The molecule has 3 amide bonds. The van der Waals surface area contributed by atoms with Gasteiger partial charge < -0.3 is 15.7 Å². The van der Waals surface area contributed by atoms with Crippen molar-refractivity contribution < 1.29 is 23.5 Å². The summed E-state index contributed by atoms with van der Waals surface area (Å²) in [6.07, 6.45) is -1.17. The molecule has 1 heterocycles. The Morgan fingerprint density at radius 2 is 2.04 bits per heavy atom. The Hall–Kier alpha value is -3.00. The summed E-state index contributed by atoms with van der Waals surface area (Å²) in [5, 5.41) is 15.3. The monoisotopic (exact) mass is 375 g/mol. The Bertz CT molecular complexity index is 888. The first-order chi connectivity index (χ1) is 12.9. The van der Waals surface area contributed by atoms with Gasteiger partial charge in [0.15, 0.2) is 11.6 Å². The van der Waals surface area contributed by atoms with Crippen molar-refractivity contribution in [1.82, 2.24) is 10.6 Å². The standard InChI is InChI=1S/C19H19F2N3O3/c1-11-8-13(3-5-16(11)24-7-6-22-19(24)27)18(26)23-10-17(25)12-2-4-14(20)15(21)9-12/h2-5,8-9,17,25H,6-7,10H2,1H3,(H,22,27)(H,23,26)/t17-/m0/s1. The predicted molar refractivity (Wildman–Crippen MR) is 95.6 cm³/mol. The lowest BCUT2D eigenvalue weighted by molar-refractivity contribution is 0.0916. The second kappa shape index (κ2) is 7.71. The van der Waals surface area contributed by atoms with Crippen LogP contribution in [0.3, 0.4) is 0 Å². The minimum atomic E-state index is -1.17. The van der Waals surface area contributed by atoms with Crippen LogP contribution in [0.25, 0.3) is 0 Å². The zero-order valence-electron chi connectivity index (χ0n) is 14.6. The Labute approximate surface area is 154 Å². The van der Waals surface area contributed by atoms with E-state index in [0.29, 0.717) is 18.7 Å². The fraction of sp³-hybridized carbons (Fsp3) is 0.263. The average Bonchev–Trinajstić information content (AvgIpc) is 3.07. The molecule has 6 nitrogen and oxygen atoms in total. The van der Waals surface area contributed by atoms with Crippen molar-refractivity contribution in [3.8, 4) is 0 Å². The van der Waals surface area contributed by atoms with E-state index in [1.165, 1.54) is 6.07 Å². The van der Waals surface area contributed by atoms with Crippen molar-refractivity contribution in [2.24, 2.45) is 0 Å². The highest BCUT2D eigenvalue weighted by atomic mass is 19.2. The Kier molecular flexibility index (Phi) is 5.36. The van der Waals surface area contributed by atoms with Gasteiger partial charge in [-0.3, -0.25) is 9.69 Å². The molecule has 1 saturated heterocycles. The van der Waals surface area contributed by atoms with Crippen LogP contribution >= 0.6 is 0 Å². The first-order valence-electron chi connectivity index (χ1n) is 8.44. The summed E-state index contributed by atoms with van der Waals surface area (Å²) in [7, 11) is 0. The molecule has 1 fully saturated rings. The molecule has 3 rings (SSSR count). The minimum absolute atomic E-state index is 0.154. The molecule has 1 aliphatic heterocycles. The van der Waals surface area contributed by atoms with Gasteiger partial charge in [0, 0.05) is 30.9 Å². The Morgan fingerprint density at radius 3 is 2.67 bits per heavy atom. The van der Waals surface area contributed by atoms with Crippen molar-refractivity contribution in [1.29, 1.82) is 0 Å². The number of carbonyl (C=O) groups excluding carboxylic acids is 2. The molecule has 2 aromatic carbocycles. The number of amides is 3. The topological polar surface area (TPSA) is 81.7 Å². The third-order valence-electron chi connectivity index (χ3n) is 4.39. The van der Waals surface area contributed by atoms with Crippen LogP contribution in [-0.2, 0) is 0 Å². The van der Waals surface area contributed by atoms with Crippen LogP contribution < -0.4 is 15.5 Å². The number of carbonyl (C=O) groups is 2. The van der Waals surface area contributed by atoms with E-state index in [1.807, 2.05) is 0 Å². The maximum absolute atomic E-state index is 13.2. The van der Waals surface area contributed by atoms with Crippen LogP contribution in [0.2, 0.25) is 0 Å². The predicted octanol–water partition coefficient (Wildman–Crippen LogP) is 2.27. The zero-order valence-corrected chi connectivity index (χ0v) is 14.6. The van der Waals surface area contributed by atoms with Crippen LogP contribution in [0.1, 0.15) is 27.6 Å². The van der Waals surface area contributed by atoms with E-state index in [4.69, 9.17) is 0 Å². The van der Waals surface area contributed by atoms with Crippen molar-refractivity contribution in [2.75, 3.05) is 24.5 Å². The molecular formula is C19H19F2N3O3. The number of halogens is 2. The van der Waals surface area contributed by atoms with Crippen molar-refractivity contribution >= 4 is 17.6 Å². The first-order valence-corrected chi connectivity index (χ1v) is 8.44. The van der Waals surface area contributed by atoms with Gasteiger partial charge in [-0.1, -0.05) is 6.07 Å².